The summed E-state index contributed by atoms with van der Waals surface area (Å²) < 4.78 is 68.6. The molecule has 5 atom stereocenters. The quantitative estimate of drug-likeness (QED) is 0.0169. The molecule has 99 heavy (non-hydrogen) atoms. The fourth-order valence-electron chi connectivity index (χ4n) is 11.9. The fraction of sp³-hybridized carbons (Fsp3) is 0.900. The van der Waals surface area contributed by atoms with Crippen molar-refractivity contribution >= 4 is 39.5 Å². The van der Waals surface area contributed by atoms with E-state index in [1.807, 2.05) is 0 Å². The monoisotopic (exact) mass is 1450 g/mol. The summed E-state index contributed by atoms with van der Waals surface area (Å²) in [6.07, 6.45) is 66.1. The molecule has 3 N–H and O–H groups in total. The standard InChI is InChI=1S/C80H152O17P2/c1-6-9-12-15-18-21-24-26-28-29-30-31-32-33-35-37-40-45-50-55-60-65-79(84)96-75(69-91-78(83)64-59-54-49-44-39-36-34-27-25-22-19-16-13-10-7-2)71-94-98(86,87)92-67-74(81)68-93-99(88,89)95-72-76(70-90-77(82)63-58-53-48-43-38-23-20-17-14-11-8-3)97-80(85)66-61-56-51-46-41-42-47-52-57-62-73(4)5/h22,25,27,34,73-76,81H,6-21,23-24,26,28-33,35-72H2,1-5H3,(H,86,87)(H,88,89)/b25-22-,34-27-/t74-,75-,76-/m1/s1. The Morgan fingerprint density at radius 1 is 0.313 bits per heavy atom. The summed E-state index contributed by atoms with van der Waals surface area (Å²) in [5, 5.41) is 10.6. The maximum absolute atomic E-state index is 13.1. The average molecular weight is 1450 g/mol. The molecule has 0 aromatic heterocycles. The molecule has 0 aliphatic rings. The smallest absolute Gasteiger partial charge is 0.462 e. The van der Waals surface area contributed by atoms with E-state index >= 15 is 0 Å². The molecule has 0 bridgehead atoms. The molecular formula is C80H152O17P2. The molecule has 0 aromatic carbocycles. The number of hydrogen-bond acceptors (Lipinski definition) is 15. The second-order valence-corrected chi connectivity index (χ2v) is 31.5. The first-order valence-corrected chi connectivity index (χ1v) is 43.9. The number of ether oxygens (including phenoxy) is 4. The van der Waals surface area contributed by atoms with Gasteiger partial charge < -0.3 is 33.8 Å². The van der Waals surface area contributed by atoms with Crippen LogP contribution >= 0.6 is 15.6 Å². The molecule has 0 amide bonds. The summed E-state index contributed by atoms with van der Waals surface area (Å²) in [7, 11) is -9.93. The number of aliphatic hydroxyl groups is 1. The number of aliphatic hydroxyl groups excluding tert-OH is 1. The maximum Gasteiger partial charge on any atom is 0.472 e. The van der Waals surface area contributed by atoms with Gasteiger partial charge in [-0.1, -0.05) is 348 Å². The number of phosphoric ester groups is 2. The van der Waals surface area contributed by atoms with Gasteiger partial charge in [-0.2, -0.15) is 0 Å². The van der Waals surface area contributed by atoms with Crippen LogP contribution in [-0.4, -0.2) is 96.7 Å². The van der Waals surface area contributed by atoms with Crippen LogP contribution in [-0.2, 0) is 65.4 Å². The summed E-state index contributed by atoms with van der Waals surface area (Å²) in [5.74, 6) is -1.41. The van der Waals surface area contributed by atoms with Crippen molar-refractivity contribution in [1.29, 1.82) is 0 Å². The van der Waals surface area contributed by atoms with Gasteiger partial charge in [0.1, 0.15) is 19.3 Å². The highest BCUT2D eigenvalue weighted by Crippen LogP contribution is 2.45. The molecule has 0 spiro atoms. The van der Waals surface area contributed by atoms with Gasteiger partial charge in [0.25, 0.3) is 0 Å². The lowest BCUT2D eigenvalue weighted by Crippen LogP contribution is -2.30. The first-order valence-electron chi connectivity index (χ1n) is 41.0. The Kier molecular flexibility index (Phi) is 70.7. The fourth-order valence-corrected chi connectivity index (χ4v) is 13.4. The summed E-state index contributed by atoms with van der Waals surface area (Å²) >= 11 is 0. The predicted octanol–water partition coefficient (Wildman–Crippen LogP) is 23.6. The van der Waals surface area contributed by atoms with Gasteiger partial charge in [-0.3, -0.25) is 37.3 Å². The highest BCUT2D eigenvalue weighted by molar-refractivity contribution is 7.47. The second kappa shape index (κ2) is 72.5. The van der Waals surface area contributed by atoms with Gasteiger partial charge in [0.2, 0.25) is 0 Å². The van der Waals surface area contributed by atoms with Crippen LogP contribution < -0.4 is 0 Å². The van der Waals surface area contributed by atoms with Crippen LogP contribution in [0.4, 0.5) is 0 Å². The Hall–Kier alpha value is -2.46. The number of carbonyl (C=O) groups excluding carboxylic acids is 4. The normalized spacial score (nSPS) is 14.0. The largest absolute Gasteiger partial charge is 0.472 e. The summed E-state index contributed by atoms with van der Waals surface area (Å²) in [5.41, 5.74) is 0. The number of allylic oxidation sites excluding steroid dienone is 4. The van der Waals surface area contributed by atoms with Crippen LogP contribution in [0.2, 0.25) is 0 Å². The van der Waals surface area contributed by atoms with Crippen LogP contribution in [0.3, 0.4) is 0 Å². The zero-order valence-corrected chi connectivity index (χ0v) is 65.9. The van der Waals surface area contributed by atoms with E-state index in [2.05, 4.69) is 58.9 Å². The number of carbonyl (C=O) groups is 4. The van der Waals surface area contributed by atoms with E-state index in [0.717, 1.165) is 115 Å². The van der Waals surface area contributed by atoms with Crippen LogP contribution in [0.5, 0.6) is 0 Å². The van der Waals surface area contributed by atoms with Crippen molar-refractivity contribution < 1.29 is 80.2 Å². The van der Waals surface area contributed by atoms with E-state index in [-0.39, 0.29) is 25.7 Å². The number of unbranched alkanes of at least 4 members (excludes halogenated alkanes) is 47. The van der Waals surface area contributed by atoms with Gasteiger partial charge in [0.05, 0.1) is 26.4 Å². The van der Waals surface area contributed by atoms with Gasteiger partial charge in [-0.05, 0) is 57.3 Å². The summed E-state index contributed by atoms with van der Waals surface area (Å²) in [4.78, 5) is 72.9. The topological polar surface area (TPSA) is 237 Å². The predicted molar refractivity (Wildman–Crippen MR) is 404 cm³/mol. The molecule has 0 aliphatic carbocycles. The van der Waals surface area contributed by atoms with Crippen molar-refractivity contribution in [2.75, 3.05) is 39.6 Å². The maximum atomic E-state index is 13.1. The van der Waals surface area contributed by atoms with Crippen molar-refractivity contribution in [2.45, 2.75) is 419 Å². The van der Waals surface area contributed by atoms with Gasteiger partial charge in [0.15, 0.2) is 12.2 Å². The Bertz CT molecular complexity index is 1990. The third kappa shape index (κ3) is 73.6. The molecule has 0 heterocycles. The summed E-state index contributed by atoms with van der Waals surface area (Å²) in [6, 6.07) is 0. The van der Waals surface area contributed by atoms with Gasteiger partial charge in [-0.25, -0.2) is 9.13 Å². The number of rotatable bonds is 78. The number of hydrogen-bond donors (Lipinski definition) is 3. The average Bonchev–Trinajstić information content (AvgIpc) is 1.06. The van der Waals surface area contributed by atoms with Crippen LogP contribution in [0.1, 0.15) is 401 Å². The minimum absolute atomic E-state index is 0.102. The molecule has 0 rings (SSSR count). The lowest BCUT2D eigenvalue weighted by Gasteiger charge is -2.21. The van der Waals surface area contributed by atoms with Crippen LogP contribution in [0, 0.1) is 5.92 Å². The first-order chi connectivity index (χ1) is 48.0. The molecule has 2 unspecified atom stereocenters. The Labute approximate surface area is 605 Å². The van der Waals surface area contributed by atoms with Crippen molar-refractivity contribution in [3.8, 4) is 0 Å². The third-order valence-corrected chi connectivity index (χ3v) is 20.1. The number of esters is 4. The first kappa shape index (κ1) is 96.5. The zero-order chi connectivity index (χ0) is 72.7. The van der Waals surface area contributed by atoms with E-state index in [4.69, 9.17) is 37.0 Å². The molecular weight excluding hydrogens is 1290 g/mol. The van der Waals surface area contributed by atoms with E-state index in [1.165, 1.54) is 205 Å². The van der Waals surface area contributed by atoms with Crippen LogP contribution in [0.15, 0.2) is 24.3 Å². The lowest BCUT2D eigenvalue weighted by molar-refractivity contribution is -0.161. The molecule has 0 fully saturated rings. The van der Waals surface area contributed by atoms with Crippen LogP contribution in [0.25, 0.3) is 0 Å². The van der Waals surface area contributed by atoms with E-state index in [1.54, 1.807) is 0 Å². The molecule has 17 nitrogen and oxygen atoms in total. The third-order valence-electron chi connectivity index (χ3n) is 18.2. The Balaban J connectivity index is 5.25. The zero-order valence-electron chi connectivity index (χ0n) is 64.1. The molecule has 0 radical (unpaired) electrons. The van der Waals surface area contributed by atoms with Crippen molar-refractivity contribution in [3.63, 3.8) is 0 Å². The molecule has 0 aliphatic heterocycles. The van der Waals surface area contributed by atoms with E-state index in [0.29, 0.717) is 25.7 Å². The van der Waals surface area contributed by atoms with Gasteiger partial charge in [0, 0.05) is 25.7 Å². The molecule has 19 heteroatoms. The van der Waals surface area contributed by atoms with E-state index in [9.17, 15) is 43.2 Å². The van der Waals surface area contributed by atoms with Gasteiger partial charge >= 0.3 is 39.5 Å². The van der Waals surface area contributed by atoms with Gasteiger partial charge in [-0.15, -0.1) is 0 Å². The molecule has 0 saturated heterocycles. The second-order valence-electron chi connectivity index (χ2n) is 28.6. The molecule has 0 saturated carbocycles. The summed E-state index contributed by atoms with van der Waals surface area (Å²) in [6.45, 7) is 7.22. The molecule has 0 aromatic rings. The molecule has 584 valence electrons. The van der Waals surface area contributed by atoms with Crippen molar-refractivity contribution in [2.24, 2.45) is 5.92 Å². The lowest BCUT2D eigenvalue weighted by atomic mass is 10.0. The highest BCUT2D eigenvalue weighted by atomic mass is 31.2. The van der Waals surface area contributed by atoms with E-state index < -0.39 is 97.5 Å². The Morgan fingerprint density at radius 2 is 0.545 bits per heavy atom. The SMILES string of the molecule is CCCCCC/C=C\C=C/CCCCCCCC(=O)OC[C@H](COP(=O)(O)OC[C@@H](O)COP(=O)(O)OC[C@@H](COC(=O)CCCCCCCCCCCCC)OC(=O)CCCCCCCCCCCC(C)C)OC(=O)CCCCCCCCCCCCCCCCCCCCCCC. The van der Waals surface area contributed by atoms with Crippen molar-refractivity contribution in [3.05, 3.63) is 24.3 Å². The minimum atomic E-state index is -4.97. The minimum Gasteiger partial charge on any atom is -0.462 e. The number of phosphoric acid groups is 2. The Morgan fingerprint density at radius 3 is 0.828 bits per heavy atom. The van der Waals surface area contributed by atoms with Crippen molar-refractivity contribution in [1.82, 2.24) is 0 Å². The highest BCUT2D eigenvalue weighted by Gasteiger charge is 2.30.